The number of aryl methyl sites for hydroxylation is 1. The zero-order chi connectivity index (χ0) is 10.7. The van der Waals surface area contributed by atoms with E-state index in [2.05, 4.69) is 57.4 Å². The molecule has 0 aliphatic rings. The van der Waals surface area contributed by atoms with Crippen molar-refractivity contribution in [2.45, 2.75) is 6.92 Å². The van der Waals surface area contributed by atoms with Gasteiger partial charge in [-0.25, -0.2) is 4.98 Å². The Bertz CT molecular complexity index is 451. The van der Waals surface area contributed by atoms with Gasteiger partial charge >= 0.3 is 0 Å². The van der Waals surface area contributed by atoms with Crippen molar-refractivity contribution in [2.75, 3.05) is 5.32 Å². The summed E-state index contributed by atoms with van der Waals surface area (Å²) in [6.45, 7) is 2.08. The van der Waals surface area contributed by atoms with Crippen LogP contribution in [0.15, 0.2) is 47.2 Å². The first-order chi connectivity index (χ1) is 7.24. The van der Waals surface area contributed by atoms with E-state index in [-0.39, 0.29) is 0 Å². The summed E-state index contributed by atoms with van der Waals surface area (Å²) in [6.07, 6.45) is 1.76. The molecule has 1 heterocycles. The Morgan fingerprint density at radius 3 is 2.47 bits per heavy atom. The molecule has 2 rings (SSSR count). The predicted molar refractivity (Wildman–Crippen MR) is 66.4 cm³/mol. The third-order valence-electron chi connectivity index (χ3n) is 2.07. The van der Waals surface area contributed by atoms with Crippen molar-refractivity contribution < 1.29 is 0 Å². The maximum Gasteiger partial charge on any atom is 0.108 e. The molecule has 0 atom stereocenters. The molecule has 2 aromatic rings. The van der Waals surface area contributed by atoms with Crippen LogP contribution >= 0.6 is 15.9 Å². The highest BCUT2D eigenvalue weighted by Crippen LogP contribution is 2.18. The molecule has 2 nitrogen and oxygen atoms in total. The van der Waals surface area contributed by atoms with Crippen LogP contribution in [-0.2, 0) is 0 Å². The summed E-state index contributed by atoms with van der Waals surface area (Å²) in [5.41, 5.74) is 3.37. The average Bonchev–Trinajstić information content (AvgIpc) is 2.22. The third-order valence-corrected chi connectivity index (χ3v) is 2.50. The Kier molecular flexibility index (Phi) is 3.02. The molecule has 0 aliphatic carbocycles. The monoisotopic (exact) mass is 262 g/mol. The molecule has 0 saturated heterocycles. The second-order valence-corrected chi connectivity index (χ2v) is 4.17. The largest absolute Gasteiger partial charge is 0.355 e. The van der Waals surface area contributed by atoms with Crippen LogP contribution in [0.5, 0.6) is 0 Å². The van der Waals surface area contributed by atoms with Gasteiger partial charge in [-0.1, -0.05) is 17.7 Å². The Labute approximate surface area is 97.5 Å². The number of rotatable bonds is 2. The molecule has 0 amide bonds. The lowest BCUT2D eigenvalue weighted by atomic mass is 10.2. The number of nitrogens with zero attached hydrogens (tertiary/aromatic N) is 1. The van der Waals surface area contributed by atoms with E-state index in [0.717, 1.165) is 16.0 Å². The topological polar surface area (TPSA) is 24.9 Å². The maximum absolute atomic E-state index is 4.07. The van der Waals surface area contributed by atoms with Gasteiger partial charge in [-0.15, -0.1) is 0 Å². The highest BCUT2D eigenvalue weighted by atomic mass is 79.9. The smallest absolute Gasteiger partial charge is 0.108 e. The number of pyridine rings is 1. The molecular formula is C12H11BrN2. The van der Waals surface area contributed by atoms with Crippen molar-refractivity contribution in [1.29, 1.82) is 0 Å². The summed E-state index contributed by atoms with van der Waals surface area (Å²) in [5.74, 6) is 0. The molecule has 15 heavy (non-hydrogen) atoms. The normalized spacial score (nSPS) is 10.0. The SMILES string of the molecule is Cc1ccc(Nc2ccnc(Br)c2)cc1. The van der Waals surface area contributed by atoms with Crippen molar-refractivity contribution in [2.24, 2.45) is 0 Å². The fourth-order valence-corrected chi connectivity index (χ4v) is 1.65. The minimum Gasteiger partial charge on any atom is -0.355 e. The summed E-state index contributed by atoms with van der Waals surface area (Å²) >= 11 is 3.34. The van der Waals surface area contributed by atoms with Crippen molar-refractivity contribution in [3.8, 4) is 0 Å². The van der Waals surface area contributed by atoms with E-state index in [9.17, 15) is 0 Å². The lowest BCUT2D eigenvalue weighted by Gasteiger charge is -2.06. The Morgan fingerprint density at radius 2 is 1.80 bits per heavy atom. The van der Waals surface area contributed by atoms with Crippen molar-refractivity contribution in [3.05, 3.63) is 52.8 Å². The molecule has 0 spiro atoms. The van der Waals surface area contributed by atoms with E-state index in [0.29, 0.717) is 0 Å². The molecule has 0 saturated carbocycles. The van der Waals surface area contributed by atoms with Crippen LogP contribution in [0.4, 0.5) is 11.4 Å². The van der Waals surface area contributed by atoms with E-state index in [1.54, 1.807) is 6.20 Å². The van der Waals surface area contributed by atoms with Gasteiger partial charge in [-0.2, -0.15) is 0 Å². The zero-order valence-electron chi connectivity index (χ0n) is 8.37. The predicted octanol–water partition coefficient (Wildman–Crippen LogP) is 3.90. The van der Waals surface area contributed by atoms with E-state index in [1.807, 2.05) is 12.1 Å². The zero-order valence-corrected chi connectivity index (χ0v) is 9.95. The molecule has 1 aromatic carbocycles. The maximum atomic E-state index is 4.07. The number of hydrogen-bond donors (Lipinski definition) is 1. The molecule has 0 radical (unpaired) electrons. The first-order valence-electron chi connectivity index (χ1n) is 4.69. The van der Waals surface area contributed by atoms with Gasteiger partial charge in [0.15, 0.2) is 0 Å². The first kappa shape index (κ1) is 10.2. The van der Waals surface area contributed by atoms with E-state index < -0.39 is 0 Å². The van der Waals surface area contributed by atoms with Crippen LogP contribution < -0.4 is 5.32 Å². The van der Waals surface area contributed by atoms with Crippen molar-refractivity contribution in [1.82, 2.24) is 4.98 Å². The molecule has 0 unspecified atom stereocenters. The summed E-state index contributed by atoms with van der Waals surface area (Å²) in [6, 6.07) is 12.2. The van der Waals surface area contributed by atoms with Gasteiger partial charge in [0.2, 0.25) is 0 Å². The molecule has 0 aliphatic heterocycles. The number of anilines is 2. The highest BCUT2D eigenvalue weighted by Gasteiger charge is 1.95. The fourth-order valence-electron chi connectivity index (χ4n) is 1.28. The van der Waals surface area contributed by atoms with Crippen molar-refractivity contribution in [3.63, 3.8) is 0 Å². The summed E-state index contributed by atoms with van der Waals surface area (Å²) in [7, 11) is 0. The summed E-state index contributed by atoms with van der Waals surface area (Å²) in [5, 5.41) is 3.30. The van der Waals surface area contributed by atoms with Crippen LogP contribution in [0.3, 0.4) is 0 Å². The van der Waals surface area contributed by atoms with Gasteiger partial charge in [0.25, 0.3) is 0 Å². The minimum absolute atomic E-state index is 0.833. The molecule has 1 N–H and O–H groups in total. The molecular weight excluding hydrogens is 252 g/mol. The van der Waals surface area contributed by atoms with Gasteiger partial charge in [0.1, 0.15) is 4.60 Å². The summed E-state index contributed by atoms with van der Waals surface area (Å²) < 4.78 is 0.833. The van der Waals surface area contributed by atoms with E-state index >= 15 is 0 Å². The molecule has 0 fully saturated rings. The first-order valence-corrected chi connectivity index (χ1v) is 5.48. The van der Waals surface area contributed by atoms with Crippen LogP contribution in [0.1, 0.15) is 5.56 Å². The van der Waals surface area contributed by atoms with Gasteiger partial charge in [-0.3, -0.25) is 0 Å². The Hall–Kier alpha value is -1.35. The quantitative estimate of drug-likeness (QED) is 0.831. The van der Waals surface area contributed by atoms with Crippen LogP contribution in [-0.4, -0.2) is 4.98 Å². The molecule has 0 bridgehead atoms. The van der Waals surface area contributed by atoms with Crippen LogP contribution in [0.2, 0.25) is 0 Å². The number of benzene rings is 1. The van der Waals surface area contributed by atoms with Gasteiger partial charge in [0.05, 0.1) is 0 Å². The van der Waals surface area contributed by atoms with Gasteiger partial charge in [0, 0.05) is 17.6 Å². The lowest BCUT2D eigenvalue weighted by Crippen LogP contribution is -1.90. The second-order valence-electron chi connectivity index (χ2n) is 3.36. The van der Waals surface area contributed by atoms with Gasteiger partial charge in [-0.05, 0) is 47.1 Å². The van der Waals surface area contributed by atoms with E-state index in [4.69, 9.17) is 0 Å². The Balaban J connectivity index is 2.18. The molecule has 76 valence electrons. The molecule has 1 aromatic heterocycles. The van der Waals surface area contributed by atoms with Crippen LogP contribution in [0.25, 0.3) is 0 Å². The Morgan fingerprint density at radius 1 is 1.07 bits per heavy atom. The average molecular weight is 263 g/mol. The highest BCUT2D eigenvalue weighted by molar-refractivity contribution is 9.10. The number of aromatic nitrogens is 1. The number of halogens is 1. The molecule has 3 heteroatoms. The summed E-state index contributed by atoms with van der Waals surface area (Å²) in [4.78, 5) is 4.07. The standard InChI is InChI=1S/C12H11BrN2/c1-9-2-4-10(5-3-9)15-11-6-7-14-12(13)8-11/h2-8H,1H3,(H,14,15). The van der Waals surface area contributed by atoms with Crippen LogP contribution in [0, 0.1) is 6.92 Å². The lowest BCUT2D eigenvalue weighted by molar-refractivity contribution is 1.27. The number of nitrogens with one attached hydrogen (secondary N) is 1. The number of hydrogen-bond acceptors (Lipinski definition) is 2. The van der Waals surface area contributed by atoms with Gasteiger partial charge < -0.3 is 5.32 Å². The minimum atomic E-state index is 0.833. The van der Waals surface area contributed by atoms with Crippen molar-refractivity contribution >= 4 is 27.3 Å². The van der Waals surface area contributed by atoms with E-state index in [1.165, 1.54) is 5.56 Å². The second kappa shape index (κ2) is 4.45. The third kappa shape index (κ3) is 2.80. The fraction of sp³-hybridized carbons (Fsp3) is 0.0833.